The maximum Gasteiger partial charge on any atom is 0.328 e. The Morgan fingerprint density at radius 1 is 0.857 bits per heavy atom. The van der Waals surface area contributed by atoms with Crippen LogP contribution in [0.5, 0.6) is 0 Å². The van der Waals surface area contributed by atoms with Crippen LogP contribution in [0.3, 0.4) is 0 Å². The molecule has 2 fully saturated rings. The van der Waals surface area contributed by atoms with Crippen LogP contribution in [0.15, 0.2) is 97.3 Å². The first kappa shape index (κ1) is 30.1. The number of piperidine rings is 1. The van der Waals surface area contributed by atoms with E-state index in [9.17, 15) is 19.2 Å². The fourth-order valence-electron chi connectivity index (χ4n) is 5.42. The monoisotopic (exact) mass is 570 g/mol. The van der Waals surface area contributed by atoms with E-state index < -0.39 is 17.5 Å². The molecule has 0 aliphatic carbocycles. The van der Waals surface area contributed by atoms with Crippen LogP contribution in [0.1, 0.15) is 41.9 Å². The van der Waals surface area contributed by atoms with Gasteiger partial charge in [-0.3, -0.25) is 14.7 Å². The van der Waals surface area contributed by atoms with Gasteiger partial charge in [0.1, 0.15) is 0 Å². The molecule has 1 unspecified atom stereocenters. The van der Waals surface area contributed by atoms with Gasteiger partial charge in [-0.05, 0) is 62.0 Å². The van der Waals surface area contributed by atoms with Gasteiger partial charge in [-0.1, -0.05) is 66.7 Å². The average Bonchev–Trinajstić information content (AvgIpc) is 3.28. The van der Waals surface area contributed by atoms with Crippen LogP contribution in [-0.2, 0) is 19.9 Å². The number of amides is 3. The summed E-state index contributed by atoms with van der Waals surface area (Å²) in [6.45, 7) is 3.37. The lowest BCUT2D eigenvalue weighted by Crippen LogP contribution is -2.45. The van der Waals surface area contributed by atoms with Crippen molar-refractivity contribution in [1.29, 1.82) is 0 Å². The number of carboxylic acids is 2. The Balaban J connectivity index is 0.000000446. The van der Waals surface area contributed by atoms with Crippen LogP contribution in [0.2, 0.25) is 0 Å². The molecule has 0 saturated carbocycles. The zero-order valence-electron chi connectivity index (χ0n) is 23.1. The molecule has 5 rings (SSSR count). The minimum Gasteiger partial charge on any atom is -0.478 e. The number of carbonyl (C=O) groups excluding carboxylic acids is 2. The quantitative estimate of drug-likeness (QED) is 0.260. The Hall–Kier alpha value is -4.83. The van der Waals surface area contributed by atoms with Gasteiger partial charge in [-0.25, -0.2) is 14.4 Å². The molecule has 3 N–H and O–H groups in total. The molecular formula is C32H34N4O6. The first-order valence-corrected chi connectivity index (χ1v) is 13.8. The maximum absolute atomic E-state index is 13.7. The summed E-state index contributed by atoms with van der Waals surface area (Å²) in [5.74, 6) is -2.13. The Bertz CT molecular complexity index is 1330. The molecule has 1 atom stereocenters. The van der Waals surface area contributed by atoms with Gasteiger partial charge in [-0.2, -0.15) is 0 Å². The van der Waals surface area contributed by atoms with E-state index in [1.165, 1.54) is 10.5 Å². The Kier molecular flexibility index (Phi) is 10.2. The number of benzene rings is 2. The van der Waals surface area contributed by atoms with Gasteiger partial charge in [0.05, 0.1) is 0 Å². The van der Waals surface area contributed by atoms with E-state index in [0.29, 0.717) is 30.2 Å². The molecule has 2 aliphatic rings. The molecule has 10 nitrogen and oxygen atoms in total. The number of aliphatic carboxylic acids is 2. The van der Waals surface area contributed by atoms with Crippen molar-refractivity contribution in [2.24, 2.45) is 0 Å². The summed E-state index contributed by atoms with van der Waals surface area (Å²) >= 11 is 0. The summed E-state index contributed by atoms with van der Waals surface area (Å²) in [4.78, 5) is 53.8. The Morgan fingerprint density at radius 2 is 1.45 bits per heavy atom. The van der Waals surface area contributed by atoms with Crippen molar-refractivity contribution < 1.29 is 29.4 Å². The molecule has 3 amide bonds. The number of hydrogen-bond acceptors (Lipinski definition) is 6. The number of likely N-dealkylation sites (tertiary alicyclic amines) is 1. The molecule has 0 spiro atoms. The minimum absolute atomic E-state index is 0.237. The molecule has 1 aromatic heterocycles. The highest BCUT2D eigenvalue weighted by Crippen LogP contribution is 2.36. The highest BCUT2D eigenvalue weighted by molar-refractivity contribution is 6.09. The maximum atomic E-state index is 13.7. The number of rotatable bonds is 9. The highest BCUT2D eigenvalue weighted by atomic mass is 16.4. The second-order valence-corrected chi connectivity index (χ2v) is 10.1. The molecule has 3 heterocycles. The number of carbonyl (C=O) groups is 4. The number of hydrogen-bond donors (Lipinski definition) is 3. The summed E-state index contributed by atoms with van der Waals surface area (Å²) in [6, 6.07) is 23.5. The van der Waals surface area contributed by atoms with Crippen LogP contribution >= 0.6 is 0 Å². The second kappa shape index (κ2) is 14.2. The van der Waals surface area contributed by atoms with Gasteiger partial charge in [0, 0.05) is 36.7 Å². The zero-order valence-corrected chi connectivity index (χ0v) is 23.1. The standard InChI is InChI=1S/C28H30N4O2.C4H4O4/c33-26-28(24-11-5-2-6-12-24,25-13-7-16-29-21-25)30-27(34)32(26)18-8-17-31-19-14-23(15-20-31)22-9-3-1-4-10-22;5-3(6)1-2-4(7)8/h1-7,9-13,16,21,23H,8,14-15,17-20H2,(H,30,34);1-2H,(H,5,6)(H,7,8)/b;2-1-. The predicted molar refractivity (Wildman–Crippen MR) is 156 cm³/mol. The van der Waals surface area contributed by atoms with E-state index >= 15 is 0 Å². The molecular weight excluding hydrogens is 536 g/mol. The van der Waals surface area contributed by atoms with Crippen LogP contribution in [0, 0.1) is 0 Å². The molecule has 0 bridgehead atoms. The first-order valence-electron chi connectivity index (χ1n) is 13.8. The molecule has 218 valence electrons. The lowest BCUT2D eigenvalue weighted by Gasteiger charge is -2.32. The molecule has 2 aliphatic heterocycles. The lowest BCUT2D eigenvalue weighted by atomic mass is 9.83. The van der Waals surface area contributed by atoms with Crippen molar-refractivity contribution in [2.45, 2.75) is 30.7 Å². The number of pyridine rings is 1. The zero-order chi connectivity index (χ0) is 30.0. The summed E-state index contributed by atoms with van der Waals surface area (Å²) < 4.78 is 0. The van der Waals surface area contributed by atoms with Gasteiger partial charge in [-0.15, -0.1) is 0 Å². The number of imide groups is 1. The third kappa shape index (κ3) is 7.27. The van der Waals surface area contributed by atoms with Crippen molar-refractivity contribution in [1.82, 2.24) is 20.1 Å². The van der Waals surface area contributed by atoms with Crippen molar-refractivity contribution in [3.05, 3.63) is 114 Å². The summed E-state index contributed by atoms with van der Waals surface area (Å²) in [6.07, 6.45) is 7.49. The number of nitrogens with one attached hydrogen (secondary N) is 1. The van der Waals surface area contributed by atoms with Crippen molar-refractivity contribution in [3.8, 4) is 0 Å². The Morgan fingerprint density at radius 3 is 2.02 bits per heavy atom. The number of urea groups is 1. The lowest BCUT2D eigenvalue weighted by molar-refractivity contribution is -0.134. The third-order valence-electron chi connectivity index (χ3n) is 7.49. The highest BCUT2D eigenvalue weighted by Gasteiger charge is 2.53. The average molecular weight is 571 g/mol. The SMILES string of the molecule is O=C(O)/C=C\C(=O)O.O=C1NC(c2ccccc2)(c2cccnc2)C(=O)N1CCCN1CCC(c2ccccc2)CC1. The van der Waals surface area contributed by atoms with E-state index in [4.69, 9.17) is 10.2 Å². The second-order valence-electron chi connectivity index (χ2n) is 10.1. The van der Waals surface area contributed by atoms with Gasteiger partial charge in [0.2, 0.25) is 0 Å². The van der Waals surface area contributed by atoms with Crippen LogP contribution in [-0.4, -0.2) is 75.1 Å². The normalized spacial score (nSPS) is 19.3. The van der Waals surface area contributed by atoms with Gasteiger partial charge >= 0.3 is 18.0 Å². The van der Waals surface area contributed by atoms with Gasteiger partial charge in [0.25, 0.3) is 5.91 Å². The van der Waals surface area contributed by atoms with E-state index in [0.717, 1.165) is 44.5 Å². The van der Waals surface area contributed by atoms with E-state index in [2.05, 4.69) is 45.5 Å². The van der Waals surface area contributed by atoms with E-state index in [1.54, 1.807) is 18.5 Å². The topological polar surface area (TPSA) is 140 Å². The molecule has 2 aromatic carbocycles. The van der Waals surface area contributed by atoms with E-state index in [-0.39, 0.29) is 11.9 Å². The predicted octanol–water partition coefficient (Wildman–Crippen LogP) is 3.86. The third-order valence-corrected chi connectivity index (χ3v) is 7.49. The van der Waals surface area contributed by atoms with Gasteiger partial charge < -0.3 is 20.4 Å². The summed E-state index contributed by atoms with van der Waals surface area (Å²) in [5.41, 5.74) is 1.60. The van der Waals surface area contributed by atoms with Crippen LogP contribution < -0.4 is 5.32 Å². The summed E-state index contributed by atoms with van der Waals surface area (Å²) in [5, 5.41) is 18.6. The van der Waals surface area contributed by atoms with Gasteiger partial charge in [0.15, 0.2) is 5.54 Å². The number of aromatic nitrogens is 1. The van der Waals surface area contributed by atoms with Crippen molar-refractivity contribution in [3.63, 3.8) is 0 Å². The fraction of sp³-hybridized carbons (Fsp3) is 0.281. The number of nitrogens with zero attached hydrogens (tertiary/aromatic N) is 3. The summed E-state index contributed by atoms with van der Waals surface area (Å²) in [7, 11) is 0. The van der Waals surface area contributed by atoms with Crippen molar-refractivity contribution >= 4 is 23.9 Å². The number of carboxylic acid groups (broad SMARTS) is 2. The molecule has 10 heteroatoms. The minimum atomic E-state index is -1.26. The smallest absolute Gasteiger partial charge is 0.328 e. The molecule has 2 saturated heterocycles. The largest absolute Gasteiger partial charge is 0.478 e. The van der Waals surface area contributed by atoms with Crippen LogP contribution in [0.25, 0.3) is 0 Å². The van der Waals surface area contributed by atoms with Crippen LogP contribution in [0.4, 0.5) is 4.79 Å². The molecule has 42 heavy (non-hydrogen) atoms. The van der Waals surface area contributed by atoms with E-state index in [1.807, 2.05) is 36.4 Å². The molecule has 3 aromatic rings. The molecule has 0 radical (unpaired) electrons. The fourth-order valence-corrected chi connectivity index (χ4v) is 5.42. The Labute approximate surface area is 244 Å². The van der Waals surface area contributed by atoms with Crippen molar-refractivity contribution in [2.75, 3.05) is 26.2 Å². The first-order chi connectivity index (χ1) is 20.3.